The fraction of sp³-hybridized carbons (Fsp3) is 0.947. The van der Waals surface area contributed by atoms with Gasteiger partial charge in [-0.1, -0.05) is 27.7 Å². The van der Waals surface area contributed by atoms with Crippen LogP contribution in [0, 0.1) is 11.3 Å². The van der Waals surface area contributed by atoms with Crippen molar-refractivity contribution in [2.45, 2.75) is 47.1 Å². The number of nitrogens with one attached hydrogen (secondary N) is 2. The van der Waals surface area contributed by atoms with E-state index in [1.54, 1.807) is 0 Å². The third kappa shape index (κ3) is 11.8. The van der Waals surface area contributed by atoms with Gasteiger partial charge in [0.25, 0.3) is 0 Å². The Morgan fingerprint density at radius 1 is 1.21 bits per heavy atom. The molecule has 0 aliphatic carbocycles. The van der Waals surface area contributed by atoms with E-state index in [2.05, 4.69) is 43.2 Å². The molecule has 0 saturated carbocycles. The minimum atomic E-state index is -2.95. The highest BCUT2D eigenvalue weighted by atomic mass is 127. The Bertz CT molecular complexity index is 562. The van der Waals surface area contributed by atoms with Gasteiger partial charge in [-0.2, -0.15) is 0 Å². The number of hydrogen-bond donors (Lipinski definition) is 2. The predicted molar refractivity (Wildman–Crippen MR) is 129 cm³/mol. The molecule has 0 aromatic rings. The summed E-state index contributed by atoms with van der Waals surface area (Å²) < 4.78 is 28.3. The maximum atomic E-state index is 11.4. The van der Waals surface area contributed by atoms with Gasteiger partial charge in [0.1, 0.15) is 9.84 Å². The van der Waals surface area contributed by atoms with Crippen LogP contribution in [0.1, 0.15) is 41.0 Å². The van der Waals surface area contributed by atoms with Crippen LogP contribution in [0.2, 0.25) is 0 Å². The van der Waals surface area contributed by atoms with E-state index >= 15 is 0 Å². The number of aliphatic imine (C=N–C) groups is 1. The minimum Gasteiger partial charge on any atom is -0.379 e. The highest BCUT2D eigenvalue weighted by Crippen LogP contribution is 2.21. The van der Waals surface area contributed by atoms with E-state index in [1.807, 2.05) is 6.92 Å². The van der Waals surface area contributed by atoms with E-state index < -0.39 is 9.84 Å². The van der Waals surface area contributed by atoms with Gasteiger partial charge in [-0.3, -0.25) is 9.89 Å². The van der Waals surface area contributed by atoms with Gasteiger partial charge in [-0.15, -0.1) is 24.0 Å². The zero-order valence-electron chi connectivity index (χ0n) is 18.5. The maximum absolute atomic E-state index is 11.4. The SMILES string of the molecule is CCNC(=NCC(C)(C)CCS(C)(=O)=O)NCC(C(C)C)N1CCOCC1.I. The Hall–Kier alpha value is -0.130. The van der Waals surface area contributed by atoms with Gasteiger partial charge in [0.05, 0.1) is 19.0 Å². The molecule has 0 aromatic carbocycles. The molecule has 1 heterocycles. The van der Waals surface area contributed by atoms with E-state index in [0.29, 0.717) is 24.9 Å². The van der Waals surface area contributed by atoms with Crippen molar-refractivity contribution < 1.29 is 13.2 Å². The lowest BCUT2D eigenvalue weighted by Crippen LogP contribution is -2.52. The molecule has 28 heavy (non-hydrogen) atoms. The van der Waals surface area contributed by atoms with Crippen LogP contribution in [0.4, 0.5) is 0 Å². The number of sulfone groups is 1. The maximum Gasteiger partial charge on any atom is 0.191 e. The molecular weight excluding hydrogens is 491 g/mol. The smallest absolute Gasteiger partial charge is 0.191 e. The first-order chi connectivity index (χ1) is 12.5. The fourth-order valence-corrected chi connectivity index (χ4v) is 4.00. The number of halogens is 1. The second-order valence-electron chi connectivity index (χ2n) is 8.58. The molecule has 1 aliphatic rings. The normalized spacial score (nSPS) is 17.9. The lowest BCUT2D eigenvalue weighted by atomic mass is 9.90. The van der Waals surface area contributed by atoms with Crippen LogP contribution in [0.25, 0.3) is 0 Å². The van der Waals surface area contributed by atoms with Crippen molar-refractivity contribution in [3.05, 3.63) is 0 Å². The summed E-state index contributed by atoms with van der Waals surface area (Å²) in [7, 11) is -2.95. The zero-order valence-corrected chi connectivity index (χ0v) is 21.6. The molecule has 9 heteroatoms. The van der Waals surface area contributed by atoms with Crippen molar-refractivity contribution in [3.8, 4) is 0 Å². The summed E-state index contributed by atoms with van der Waals surface area (Å²) in [6.45, 7) is 16.4. The molecule has 0 spiro atoms. The van der Waals surface area contributed by atoms with E-state index in [1.165, 1.54) is 6.26 Å². The largest absolute Gasteiger partial charge is 0.379 e. The number of guanidine groups is 1. The van der Waals surface area contributed by atoms with Crippen molar-refractivity contribution >= 4 is 39.8 Å². The summed E-state index contributed by atoms with van der Waals surface area (Å²) >= 11 is 0. The van der Waals surface area contributed by atoms with Gasteiger partial charge in [-0.05, 0) is 24.7 Å². The fourth-order valence-electron chi connectivity index (χ4n) is 3.07. The summed E-state index contributed by atoms with van der Waals surface area (Å²) in [5, 5.41) is 6.78. The first kappa shape index (κ1) is 27.9. The van der Waals surface area contributed by atoms with Gasteiger partial charge < -0.3 is 15.4 Å². The number of rotatable bonds is 10. The monoisotopic (exact) mass is 532 g/mol. The standard InChI is InChI=1S/C19H40N4O3S.HI/c1-7-20-18(22-15-19(4,5)8-13-27(6,24)25)21-14-17(16(2)3)23-9-11-26-12-10-23;/h16-17H,7-15H2,1-6H3,(H2,20,21,22);1H. The van der Waals surface area contributed by atoms with E-state index in [4.69, 9.17) is 9.73 Å². The molecule has 0 bridgehead atoms. The Kier molecular flexibility index (Phi) is 13.2. The molecule has 0 aromatic heterocycles. The van der Waals surface area contributed by atoms with Gasteiger partial charge >= 0.3 is 0 Å². The summed E-state index contributed by atoms with van der Waals surface area (Å²) in [5.41, 5.74) is -0.160. The zero-order chi connectivity index (χ0) is 20.5. The summed E-state index contributed by atoms with van der Waals surface area (Å²) in [4.78, 5) is 7.21. The quantitative estimate of drug-likeness (QED) is 0.255. The first-order valence-electron chi connectivity index (χ1n) is 10.1. The number of hydrogen-bond acceptors (Lipinski definition) is 5. The molecule has 0 amide bonds. The average molecular weight is 533 g/mol. The number of ether oxygens (including phenoxy) is 1. The summed E-state index contributed by atoms with van der Waals surface area (Å²) in [6.07, 6.45) is 1.90. The predicted octanol–water partition coefficient (Wildman–Crippen LogP) is 1.98. The molecule has 168 valence electrons. The Morgan fingerprint density at radius 2 is 1.82 bits per heavy atom. The van der Waals surface area contributed by atoms with Crippen molar-refractivity contribution in [2.24, 2.45) is 16.3 Å². The van der Waals surface area contributed by atoms with Crippen LogP contribution in [-0.4, -0.2) is 83.3 Å². The van der Waals surface area contributed by atoms with Crippen molar-refractivity contribution in [2.75, 3.05) is 57.9 Å². The minimum absolute atomic E-state index is 0. The lowest BCUT2D eigenvalue weighted by Gasteiger charge is -2.37. The second-order valence-corrected chi connectivity index (χ2v) is 10.8. The van der Waals surface area contributed by atoms with Gasteiger partial charge in [0, 0.05) is 45.0 Å². The molecule has 1 aliphatic heterocycles. The second kappa shape index (κ2) is 13.2. The lowest BCUT2D eigenvalue weighted by molar-refractivity contribution is 0.00752. The first-order valence-corrected chi connectivity index (χ1v) is 12.1. The van der Waals surface area contributed by atoms with Gasteiger partial charge in [0.15, 0.2) is 5.96 Å². The van der Waals surface area contributed by atoms with Crippen molar-refractivity contribution in [1.29, 1.82) is 0 Å². The molecule has 1 fully saturated rings. The number of nitrogens with zero attached hydrogens (tertiary/aromatic N) is 2. The van der Waals surface area contributed by atoms with Crippen LogP contribution in [0.5, 0.6) is 0 Å². The average Bonchev–Trinajstić information content (AvgIpc) is 2.58. The van der Waals surface area contributed by atoms with E-state index in [9.17, 15) is 8.42 Å². The molecular formula is C19H41IN4O3S. The van der Waals surface area contributed by atoms with Crippen molar-refractivity contribution in [3.63, 3.8) is 0 Å². The highest BCUT2D eigenvalue weighted by Gasteiger charge is 2.24. The van der Waals surface area contributed by atoms with E-state index in [-0.39, 0.29) is 35.1 Å². The highest BCUT2D eigenvalue weighted by molar-refractivity contribution is 14.0. The summed E-state index contributed by atoms with van der Waals surface area (Å²) in [6, 6.07) is 0.427. The molecule has 1 unspecified atom stereocenters. The van der Waals surface area contributed by atoms with Crippen LogP contribution in [0.15, 0.2) is 4.99 Å². The van der Waals surface area contributed by atoms with Gasteiger partial charge in [0.2, 0.25) is 0 Å². The Morgan fingerprint density at radius 3 is 2.32 bits per heavy atom. The topological polar surface area (TPSA) is 83.0 Å². The Balaban J connectivity index is 0.00000729. The van der Waals surface area contributed by atoms with Crippen molar-refractivity contribution in [1.82, 2.24) is 15.5 Å². The molecule has 0 radical (unpaired) electrons. The Labute approximate surface area is 189 Å². The van der Waals surface area contributed by atoms with Crippen LogP contribution in [-0.2, 0) is 14.6 Å². The third-order valence-electron chi connectivity index (χ3n) is 4.92. The van der Waals surface area contributed by atoms with E-state index in [0.717, 1.165) is 45.4 Å². The van der Waals surface area contributed by atoms with Crippen LogP contribution >= 0.6 is 24.0 Å². The summed E-state index contributed by atoms with van der Waals surface area (Å²) in [5.74, 6) is 1.53. The molecule has 1 saturated heterocycles. The molecule has 1 rings (SSSR count). The van der Waals surface area contributed by atoms with Gasteiger partial charge in [-0.25, -0.2) is 8.42 Å². The molecule has 2 N–H and O–H groups in total. The van der Waals surface area contributed by atoms with Crippen LogP contribution in [0.3, 0.4) is 0 Å². The number of morpholine rings is 1. The van der Waals surface area contributed by atoms with Crippen LogP contribution < -0.4 is 10.6 Å². The molecule has 7 nitrogen and oxygen atoms in total. The molecule has 1 atom stereocenters. The third-order valence-corrected chi connectivity index (χ3v) is 5.87.